The normalized spacial score (nSPS) is 20.3. The molecule has 1 unspecified atom stereocenters. The molecule has 1 aliphatic rings. The molecule has 1 aromatic carbocycles. The van der Waals surface area contributed by atoms with E-state index >= 15 is 0 Å². The van der Waals surface area contributed by atoms with E-state index in [-0.39, 0.29) is 0 Å². The standard InChI is InChI=1S/C16H27N3/c1-18(14-16-9-6-11-19(16)2)12-10-17-13-15-7-4-3-5-8-15/h3-5,7-8,16-17H,6,9-14H2,1-2H3. The van der Waals surface area contributed by atoms with Gasteiger partial charge in [-0.15, -0.1) is 0 Å². The van der Waals surface area contributed by atoms with Gasteiger partial charge in [0.2, 0.25) is 0 Å². The minimum absolute atomic E-state index is 0.763. The molecular weight excluding hydrogens is 234 g/mol. The summed E-state index contributed by atoms with van der Waals surface area (Å²) in [7, 11) is 4.48. The van der Waals surface area contributed by atoms with Gasteiger partial charge in [-0.1, -0.05) is 30.3 Å². The van der Waals surface area contributed by atoms with Crippen molar-refractivity contribution < 1.29 is 0 Å². The molecule has 0 radical (unpaired) electrons. The summed E-state index contributed by atoms with van der Waals surface area (Å²) in [5.74, 6) is 0. The zero-order valence-electron chi connectivity index (χ0n) is 12.3. The molecule has 0 aromatic heterocycles. The van der Waals surface area contributed by atoms with Gasteiger partial charge in [-0.3, -0.25) is 0 Å². The Balaban J connectivity index is 1.57. The van der Waals surface area contributed by atoms with E-state index in [1.165, 1.54) is 31.5 Å². The molecule has 1 heterocycles. The maximum Gasteiger partial charge on any atom is 0.0220 e. The molecule has 1 saturated heterocycles. The third-order valence-electron chi connectivity index (χ3n) is 4.04. The summed E-state index contributed by atoms with van der Waals surface area (Å²) in [6, 6.07) is 11.4. The van der Waals surface area contributed by atoms with Crippen LogP contribution in [0.15, 0.2) is 30.3 Å². The Hall–Kier alpha value is -0.900. The molecule has 106 valence electrons. The van der Waals surface area contributed by atoms with E-state index in [1.54, 1.807) is 0 Å². The molecule has 19 heavy (non-hydrogen) atoms. The van der Waals surface area contributed by atoms with Crippen molar-refractivity contribution in [2.45, 2.75) is 25.4 Å². The lowest BCUT2D eigenvalue weighted by Gasteiger charge is -2.25. The van der Waals surface area contributed by atoms with Crippen molar-refractivity contribution in [2.75, 3.05) is 40.3 Å². The Morgan fingerprint density at radius 2 is 2.11 bits per heavy atom. The molecule has 1 aromatic rings. The lowest BCUT2D eigenvalue weighted by atomic mass is 10.2. The fourth-order valence-corrected chi connectivity index (χ4v) is 2.76. The smallest absolute Gasteiger partial charge is 0.0220 e. The largest absolute Gasteiger partial charge is 0.311 e. The van der Waals surface area contributed by atoms with E-state index < -0.39 is 0 Å². The van der Waals surface area contributed by atoms with Crippen LogP contribution in [0.3, 0.4) is 0 Å². The van der Waals surface area contributed by atoms with E-state index in [1.807, 2.05) is 0 Å². The first-order valence-electron chi connectivity index (χ1n) is 7.39. The average Bonchev–Trinajstić information content (AvgIpc) is 2.82. The Labute approximate surface area is 117 Å². The molecule has 0 aliphatic carbocycles. The number of benzene rings is 1. The Bertz CT molecular complexity index is 352. The first kappa shape index (κ1) is 14.5. The van der Waals surface area contributed by atoms with Crippen molar-refractivity contribution in [3.05, 3.63) is 35.9 Å². The highest BCUT2D eigenvalue weighted by atomic mass is 15.2. The van der Waals surface area contributed by atoms with Gasteiger partial charge in [0.05, 0.1) is 0 Å². The molecule has 0 saturated carbocycles. The Kier molecular flexibility index (Phi) is 5.83. The highest BCUT2D eigenvalue weighted by Crippen LogP contribution is 2.15. The van der Waals surface area contributed by atoms with Gasteiger partial charge < -0.3 is 15.1 Å². The fraction of sp³-hybridized carbons (Fsp3) is 0.625. The zero-order valence-corrected chi connectivity index (χ0v) is 12.3. The van der Waals surface area contributed by atoms with Crippen molar-refractivity contribution >= 4 is 0 Å². The molecular formula is C16H27N3. The first-order chi connectivity index (χ1) is 9.25. The van der Waals surface area contributed by atoms with Crippen LogP contribution in [0.25, 0.3) is 0 Å². The Morgan fingerprint density at radius 1 is 1.32 bits per heavy atom. The highest BCUT2D eigenvalue weighted by Gasteiger charge is 2.21. The van der Waals surface area contributed by atoms with Crippen LogP contribution in [0.4, 0.5) is 0 Å². The van der Waals surface area contributed by atoms with Gasteiger partial charge in [0, 0.05) is 32.2 Å². The number of hydrogen-bond acceptors (Lipinski definition) is 3. The van der Waals surface area contributed by atoms with Crippen molar-refractivity contribution in [1.29, 1.82) is 0 Å². The van der Waals surface area contributed by atoms with Gasteiger partial charge in [0.1, 0.15) is 0 Å². The second-order valence-corrected chi connectivity index (χ2v) is 5.70. The summed E-state index contributed by atoms with van der Waals surface area (Å²) in [6.45, 7) is 5.62. The van der Waals surface area contributed by atoms with Crippen LogP contribution in [0, 0.1) is 0 Å². The van der Waals surface area contributed by atoms with E-state index in [9.17, 15) is 0 Å². The zero-order chi connectivity index (χ0) is 13.5. The molecule has 1 aliphatic heterocycles. The molecule has 3 heteroatoms. The van der Waals surface area contributed by atoms with Gasteiger partial charge in [-0.25, -0.2) is 0 Å². The third-order valence-corrected chi connectivity index (χ3v) is 4.04. The summed E-state index contributed by atoms with van der Waals surface area (Å²) in [4.78, 5) is 4.94. The SMILES string of the molecule is CN(CCNCc1ccccc1)CC1CCCN1C. The molecule has 2 rings (SSSR count). The molecule has 3 nitrogen and oxygen atoms in total. The molecule has 0 amide bonds. The van der Waals surface area contributed by atoms with Crippen molar-refractivity contribution in [3.8, 4) is 0 Å². The van der Waals surface area contributed by atoms with Gasteiger partial charge >= 0.3 is 0 Å². The van der Waals surface area contributed by atoms with Gasteiger partial charge in [-0.05, 0) is 39.0 Å². The summed E-state index contributed by atoms with van der Waals surface area (Å²) < 4.78 is 0. The van der Waals surface area contributed by atoms with Crippen LogP contribution in [-0.4, -0.2) is 56.1 Å². The van der Waals surface area contributed by atoms with Crippen LogP contribution in [0.5, 0.6) is 0 Å². The maximum absolute atomic E-state index is 3.51. The number of likely N-dealkylation sites (N-methyl/N-ethyl adjacent to an activating group) is 2. The molecule has 1 N–H and O–H groups in total. The number of nitrogens with zero attached hydrogens (tertiary/aromatic N) is 2. The average molecular weight is 261 g/mol. The monoisotopic (exact) mass is 261 g/mol. The second kappa shape index (κ2) is 7.63. The molecule has 0 bridgehead atoms. The van der Waals surface area contributed by atoms with Crippen molar-refractivity contribution in [3.63, 3.8) is 0 Å². The van der Waals surface area contributed by atoms with Gasteiger partial charge in [0.25, 0.3) is 0 Å². The van der Waals surface area contributed by atoms with E-state index in [0.29, 0.717) is 0 Å². The van der Waals surface area contributed by atoms with Gasteiger partial charge in [0.15, 0.2) is 0 Å². The van der Waals surface area contributed by atoms with Crippen molar-refractivity contribution in [1.82, 2.24) is 15.1 Å². The van der Waals surface area contributed by atoms with Crippen LogP contribution in [0.1, 0.15) is 18.4 Å². The molecule has 0 spiro atoms. The summed E-state index contributed by atoms with van der Waals surface area (Å²) in [6.07, 6.45) is 2.72. The van der Waals surface area contributed by atoms with E-state index in [2.05, 4.69) is 59.5 Å². The minimum atomic E-state index is 0.763. The lowest BCUT2D eigenvalue weighted by Crippen LogP contribution is -2.39. The topological polar surface area (TPSA) is 18.5 Å². The molecule has 1 atom stereocenters. The quantitative estimate of drug-likeness (QED) is 0.755. The highest BCUT2D eigenvalue weighted by molar-refractivity contribution is 5.14. The Morgan fingerprint density at radius 3 is 2.79 bits per heavy atom. The van der Waals surface area contributed by atoms with E-state index in [0.717, 1.165) is 25.7 Å². The summed E-state index contributed by atoms with van der Waals surface area (Å²) >= 11 is 0. The van der Waals surface area contributed by atoms with Gasteiger partial charge in [-0.2, -0.15) is 0 Å². The van der Waals surface area contributed by atoms with E-state index in [4.69, 9.17) is 0 Å². The van der Waals surface area contributed by atoms with Crippen molar-refractivity contribution in [2.24, 2.45) is 0 Å². The first-order valence-corrected chi connectivity index (χ1v) is 7.39. The van der Waals surface area contributed by atoms with Crippen LogP contribution >= 0.6 is 0 Å². The number of rotatable bonds is 7. The summed E-state index contributed by atoms with van der Waals surface area (Å²) in [5, 5.41) is 3.51. The second-order valence-electron chi connectivity index (χ2n) is 5.70. The summed E-state index contributed by atoms with van der Waals surface area (Å²) in [5.41, 5.74) is 1.36. The van der Waals surface area contributed by atoms with Crippen LogP contribution < -0.4 is 5.32 Å². The number of hydrogen-bond donors (Lipinski definition) is 1. The van der Waals surface area contributed by atoms with Crippen LogP contribution in [-0.2, 0) is 6.54 Å². The number of likely N-dealkylation sites (tertiary alicyclic amines) is 1. The lowest BCUT2D eigenvalue weighted by molar-refractivity contribution is 0.220. The predicted molar refractivity (Wildman–Crippen MR) is 81.3 cm³/mol. The maximum atomic E-state index is 3.51. The number of nitrogens with one attached hydrogen (secondary N) is 1. The van der Waals surface area contributed by atoms with Crippen LogP contribution in [0.2, 0.25) is 0 Å². The minimum Gasteiger partial charge on any atom is -0.311 e. The third kappa shape index (κ3) is 4.94. The predicted octanol–water partition coefficient (Wildman–Crippen LogP) is 1.80. The fourth-order valence-electron chi connectivity index (χ4n) is 2.76. The molecule has 1 fully saturated rings.